The van der Waals surface area contributed by atoms with Crippen LogP contribution in [0.3, 0.4) is 0 Å². The molecule has 1 aromatic carbocycles. The van der Waals surface area contributed by atoms with Crippen molar-refractivity contribution in [3.05, 3.63) is 30.1 Å². The van der Waals surface area contributed by atoms with Crippen molar-refractivity contribution >= 4 is 16.9 Å². The number of benzene rings is 1. The second-order valence-corrected chi connectivity index (χ2v) is 6.89. The van der Waals surface area contributed by atoms with Gasteiger partial charge in [-0.15, -0.1) is 0 Å². The number of fused-ring (bicyclic) bond motifs is 1. The van der Waals surface area contributed by atoms with Crippen LogP contribution >= 0.6 is 0 Å². The lowest BCUT2D eigenvalue weighted by atomic mass is 9.93. The number of hydrogen-bond donors (Lipinski definition) is 2. The number of aromatic nitrogens is 2. The molecule has 0 saturated heterocycles. The van der Waals surface area contributed by atoms with Gasteiger partial charge in [0, 0.05) is 12.0 Å². The second-order valence-electron chi connectivity index (χ2n) is 6.89. The van der Waals surface area contributed by atoms with Gasteiger partial charge in [-0.2, -0.15) is 0 Å². The third-order valence-electron chi connectivity index (χ3n) is 4.99. The summed E-state index contributed by atoms with van der Waals surface area (Å²) in [5.41, 5.74) is 2.02. The average molecular weight is 313 g/mol. The lowest BCUT2D eigenvalue weighted by molar-refractivity contribution is -0.122. The Kier molecular flexibility index (Phi) is 3.81. The molecule has 1 heterocycles. The highest BCUT2D eigenvalue weighted by atomic mass is 16.3. The molecular weight excluding hydrogens is 290 g/mol. The molecule has 2 N–H and O–H groups in total. The van der Waals surface area contributed by atoms with Crippen molar-refractivity contribution in [3.63, 3.8) is 0 Å². The minimum absolute atomic E-state index is 0.0523. The summed E-state index contributed by atoms with van der Waals surface area (Å²) in [5, 5.41) is 12.7. The number of nitrogens with zero attached hydrogens (tertiary/aromatic N) is 2. The van der Waals surface area contributed by atoms with E-state index in [4.69, 9.17) is 4.98 Å². The smallest absolute Gasteiger partial charge is 0.240 e. The molecule has 2 aliphatic carbocycles. The number of amides is 1. The standard InChI is InChI=1S/C18H23N3O2/c22-14-9-7-13(8-10-14)19-17(23)11-21-16-4-2-1-3-15(16)20-18(21)12-5-6-12/h1-4,12-14,22H,5-11H2,(H,19,23). The Bertz CT molecular complexity index is 712. The van der Waals surface area contributed by atoms with E-state index >= 15 is 0 Å². The summed E-state index contributed by atoms with van der Waals surface area (Å²) in [7, 11) is 0. The molecule has 122 valence electrons. The number of para-hydroxylation sites is 2. The van der Waals surface area contributed by atoms with Crippen molar-refractivity contribution in [1.29, 1.82) is 0 Å². The summed E-state index contributed by atoms with van der Waals surface area (Å²) >= 11 is 0. The van der Waals surface area contributed by atoms with E-state index in [9.17, 15) is 9.90 Å². The highest BCUT2D eigenvalue weighted by molar-refractivity contribution is 5.81. The first-order chi connectivity index (χ1) is 11.2. The second kappa shape index (κ2) is 5.96. The predicted octanol–water partition coefficient (Wildman–Crippen LogP) is 2.33. The molecule has 0 unspecified atom stereocenters. The number of carbonyl (C=O) groups is 1. The Morgan fingerprint density at radius 3 is 2.65 bits per heavy atom. The highest BCUT2D eigenvalue weighted by Gasteiger charge is 2.30. The number of aliphatic hydroxyl groups is 1. The van der Waals surface area contributed by atoms with Crippen LogP contribution in [0.5, 0.6) is 0 Å². The third kappa shape index (κ3) is 3.11. The van der Waals surface area contributed by atoms with Crippen LogP contribution in [0.2, 0.25) is 0 Å². The molecule has 2 fully saturated rings. The van der Waals surface area contributed by atoms with Gasteiger partial charge >= 0.3 is 0 Å². The fourth-order valence-corrected chi connectivity index (χ4v) is 3.55. The zero-order chi connectivity index (χ0) is 15.8. The number of rotatable bonds is 4. The molecule has 5 heteroatoms. The fraction of sp³-hybridized carbons (Fsp3) is 0.556. The number of imidazole rings is 1. The van der Waals surface area contributed by atoms with Crippen LogP contribution in [0, 0.1) is 0 Å². The Labute approximate surface area is 135 Å². The zero-order valence-electron chi connectivity index (χ0n) is 13.2. The van der Waals surface area contributed by atoms with Crippen molar-refractivity contribution in [3.8, 4) is 0 Å². The normalized spacial score (nSPS) is 24.7. The minimum atomic E-state index is -0.192. The van der Waals surface area contributed by atoms with Gasteiger partial charge in [0.1, 0.15) is 12.4 Å². The highest BCUT2D eigenvalue weighted by Crippen LogP contribution is 2.40. The number of aliphatic hydroxyl groups excluding tert-OH is 1. The molecule has 23 heavy (non-hydrogen) atoms. The van der Waals surface area contributed by atoms with Gasteiger partial charge in [-0.1, -0.05) is 12.1 Å². The van der Waals surface area contributed by atoms with E-state index < -0.39 is 0 Å². The number of nitrogens with one attached hydrogen (secondary N) is 1. The molecule has 0 spiro atoms. The lowest BCUT2D eigenvalue weighted by Gasteiger charge is -2.26. The largest absolute Gasteiger partial charge is 0.393 e. The van der Waals surface area contributed by atoms with Crippen molar-refractivity contribution in [2.24, 2.45) is 0 Å². The van der Waals surface area contributed by atoms with Crippen molar-refractivity contribution in [2.75, 3.05) is 0 Å². The molecule has 4 rings (SSSR count). The number of hydrogen-bond acceptors (Lipinski definition) is 3. The van der Waals surface area contributed by atoms with Gasteiger partial charge in [0.2, 0.25) is 5.91 Å². The average Bonchev–Trinajstić information content (AvgIpc) is 3.33. The van der Waals surface area contributed by atoms with E-state index in [0.717, 1.165) is 42.5 Å². The van der Waals surface area contributed by atoms with E-state index in [-0.39, 0.29) is 18.1 Å². The summed E-state index contributed by atoms with van der Waals surface area (Å²) in [6, 6.07) is 8.24. The van der Waals surface area contributed by atoms with Crippen LogP contribution < -0.4 is 5.32 Å². The third-order valence-corrected chi connectivity index (χ3v) is 4.99. The molecule has 0 atom stereocenters. The summed E-state index contributed by atoms with van der Waals surface area (Å²) < 4.78 is 2.08. The quantitative estimate of drug-likeness (QED) is 0.910. The molecule has 2 aromatic rings. The maximum atomic E-state index is 12.5. The van der Waals surface area contributed by atoms with Gasteiger partial charge in [0.15, 0.2) is 0 Å². The Morgan fingerprint density at radius 2 is 1.91 bits per heavy atom. The Hall–Kier alpha value is -1.88. The van der Waals surface area contributed by atoms with Crippen LogP contribution in [-0.4, -0.2) is 32.7 Å². The van der Waals surface area contributed by atoms with E-state index in [0.29, 0.717) is 12.5 Å². The van der Waals surface area contributed by atoms with Crippen LogP contribution in [0.15, 0.2) is 24.3 Å². The number of carbonyl (C=O) groups excluding carboxylic acids is 1. The van der Waals surface area contributed by atoms with Crippen LogP contribution in [-0.2, 0) is 11.3 Å². The molecule has 0 bridgehead atoms. The summed E-state index contributed by atoms with van der Waals surface area (Å²) in [6.07, 6.45) is 5.46. The van der Waals surface area contributed by atoms with E-state index in [1.807, 2.05) is 24.3 Å². The molecule has 0 aliphatic heterocycles. The van der Waals surface area contributed by atoms with Crippen molar-refractivity contribution in [2.45, 2.75) is 63.1 Å². The predicted molar refractivity (Wildman–Crippen MR) is 88.1 cm³/mol. The van der Waals surface area contributed by atoms with Crippen molar-refractivity contribution < 1.29 is 9.90 Å². The first kappa shape index (κ1) is 14.7. The minimum Gasteiger partial charge on any atom is -0.393 e. The Morgan fingerprint density at radius 1 is 1.17 bits per heavy atom. The van der Waals surface area contributed by atoms with Gasteiger partial charge in [-0.25, -0.2) is 4.98 Å². The van der Waals surface area contributed by atoms with Crippen LogP contribution in [0.4, 0.5) is 0 Å². The summed E-state index contributed by atoms with van der Waals surface area (Å²) in [4.78, 5) is 17.2. The van der Waals surface area contributed by atoms with Gasteiger partial charge in [-0.05, 0) is 50.7 Å². The van der Waals surface area contributed by atoms with E-state index in [1.165, 1.54) is 12.8 Å². The summed E-state index contributed by atoms with van der Waals surface area (Å²) in [6.45, 7) is 0.339. The first-order valence-electron chi connectivity index (χ1n) is 8.63. The van der Waals surface area contributed by atoms with Crippen molar-refractivity contribution in [1.82, 2.24) is 14.9 Å². The maximum absolute atomic E-state index is 12.5. The lowest BCUT2D eigenvalue weighted by Crippen LogP contribution is -2.40. The van der Waals surface area contributed by atoms with Crippen LogP contribution in [0.1, 0.15) is 50.3 Å². The maximum Gasteiger partial charge on any atom is 0.240 e. The molecule has 1 aromatic heterocycles. The van der Waals surface area contributed by atoms with Crippen LogP contribution in [0.25, 0.3) is 11.0 Å². The fourth-order valence-electron chi connectivity index (χ4n) is 3.55. The van der Waals surface area contributed by atoms with Gasteiger partial charge in [-0.3, -0.25) is 4.79 Å². The van der Waals surface area contributed by atoms with E-state index in [2.05, 4.69) is 9.88 Å². The molecular formula is C18H23N3O2. The Balaban J connectivity index is 1.50. The molecule has 0 radical (unpaired) electrons. The van der Waals surface area contributed by atoms with Gasteiger partial charge < -0.3 is 15.0 Å². The SMILES string of the molecule is O=C(Cn1c(C2CC2)nc2ccccc21)NC1CCC(O)CC1. The summed E-state index contributed by atoms with van der Waals surface area (Å²) in [5.74, 6) is 1.62. The van der Waals surface area contributed by atoms with Gasteiger partial charge in [0.25, 0.3) is 0 Å². The molecule has 2 aliphatic rings. The molecule has 5 nitrogen and oxygen atoms in total. The monoisotopic (exact) mass is 313 g/mol. The molecule has 1 amide bonds. The zero-order valence-corrected chi connectivity index (χ0v) is 13.2. The molecule has 2 saturated carbocycles. The van der Waals surface area contributed by atoms with E-state index in [1.54, 1.807) is 0 Å². The van der Waals surface area contributed by atoms with Gasteiger partial charge in [0.05, 0.1) is 17.1 Å². The topological polar surface area (TPSA) is 67.2 Å². The first-order valence-corrected chi connectivity index (χ1v) is 8.63.